The molecule has 2 unspecified atom stereocenters. The lowest BCUT2D eigenvalue weighted by molar-refractivity contribution is -0.143. The lowest BCUT2D eigenvalue weighted by Gasteiger charge is -2.20. The third-order valence-corrected chi connectivity index (χ3v) is 13.5. The standard InChI is InChI=1S/C63H115NO5/c1-3-5-7-9-11-13-15-17-18-19-23-27-30-33-37-41-45-49-53-57-63(68)69-58-54-50-46-42-38-34-31-28-25-22-20-21-24-26-29-32-36-40-44-48-52-56-62(67)64-60(59-65)61(66)55-51-47-43-39-35-16-14-12-10-8-6-4-2/h11,13,17-18,34,38,46,50-51,55,60-61,65-66H,3-10,12,14-16,19-33,35-37,39-45,47-49,52-54,56-59H2,1-2H3,(H,64,67)/b13-11-,18-17-,38-34-,50-46-,55-51+. The zero-order valence-electron chi connectivity index (χ0n) is 45.8. The molecule has 0 bridgehead atoms. The smallest absolute Gasteiger partial charge is 0.305 e. The second-order valence-electron chi connectivity index (χ2n) is 20.3. The van der Waals surface area contributed by atoms with Gasteiger partial charge in [-0.3, -0.25) is 9.59 Å². The molecule has 402 valence electrons. The number of carbonyl (C=O) groups is 2. The van der Waals surface area contributed by atoms with E-state index in [9.17, 15) is 19.8 Å². The van der Waals surface area contributed by atoms with Gasteiger partial charge in [-0.2, -0.15) is 0 Å². The molecule has 0 aliphatic carbocycles. The number of rotatable bonds is 55. The third kappa shape index (κ3) is 54.7. The maximum Gasteiger partial charge on any atom is 0.305 e. The van der Waals surface area contributed by atoms with Crippen LogP contribution in [-0.2, 0) is 14.3 Å². The summed E-state index contributed by atoms with van der Waals surface area (Å²) in [5, 5.41) is 23.0. The molecule has 0 radical (unpaired) electrons. The van der Waals surface area contributed by atoms with E-state index >= 15 is 0 Å². The molecule has 0 saturated heterocycles. The number of hydrogen-bond acceptors (Lipinski definition) is 5. The molecule has 0 aliphatic rings. The number of aliphatic hydroxyl groups is 2. The second-order valence-corrected chi connectivity index (χ2v) is 20.3. The first-order valence-corrected chi connectivity index (χ1v) is 30.1. The number of carbonyl (C=O) groups excluding carboxylic acids is 2. The fraction of sp³-hybridized carbons (Fsp3) is 0.810. The average Bonchev–Trinajstić information content (AvgIpc) is 3.35. The summed E-state index contributed by atoms with van der Waals surface area (Å²) in [5.41, 5.74) is 0. The first kappa shape index (κ1) is 66.6. The minimum absolute atomic E-state index is 0.0403. The van der Waals surface area contributed by atoms with E-state index in [4.69, 9.17) is 4.74 Å². The number of esters is 1. The van der Waals surface area contributed by atoms with Crippen molar-refractivity contribution in [2.45, 2.75) is 315 Å². The van der Waals surface area contributed by atoms with E-state index in [2.05, 4.69) is 67.8 Å². The van der Waals surface area contributed by atoms with E-state index in [1.807, 2.05) is 6.08 Å². The Hall–Kier alpha value is -2.44. The predicted molar refractivity (Wildman–Crippen MR) is 301 cm³/mol. The van der Waals surface area contributed by atoms with Gasteiger partial charge in [-0.25, -0.2) is 0 Å². The van der Waals surface area contributed by atoms with Crippen LogP contribution < -0.4 is 5.32 Å². The van der Waals surface area contributed by atoms with Gasteiger partial charge in [-0.15, -0.1) is 0 Å². The van der Waals surface area contributed by atoms with Crippen molar-refractivity contribution in [3.8, 4) is 0 Å². The molecule has 0 spiro atoms. The third-order valence-electron chi connectivity index (χ3n) is 13.5. The fourth-order valence-corrected chi connectivity index (χ4v) is 8.91. The molecule has 0 fully saturated rings. The Kier molecular flexibility index (Phi) is 56.1. The molecule has 3 N–H and O–H groups in total. The molecule has 0 aromatic rings. The van der Waals surface area contributed by atoms with Gasteiger partial charge in [0.15, 0.2) is 0 Å². The van der Waals surface area contributed by atoms with Crippen LogP contribution in [0.2, 0.25) is 0 Å². The molecule has 1 amide bonds. The van der Waals surface area contributed by atoms with Gasteiger partial charge >= 0.3 is 5.97 Å². The molecule has 69 heavy (non-hydrogen) atoms. The highest BCUT2D eigenvalue weighted by molar-refractivity contribution is 5.76. The van der Waals surface area contributed by atoms with Crippen LogP contribution in [0.1, 0.15) is 303 Å². The number of nitrogens with one attached hydrogen (secondary N) is 1. The molecule has 0 saturated carbocycles. The Balaban J connectivity index is 3.46. The summed E-state index contributed by atoms with van der Waals surface area (Å²) in [4.78, 5) is 24.5. The Bertz CT molecular complexity index is 1210. The van der Waals surface area contributed by atoms with Crippen LogP contribution in [0.15, 0.2) is 60.8 Å². The number of amides is 1. The van der Waals surface area contributed by atoms with Crippen LogP contribution in [0.4, 0.5) is 0 Å². The Morgan fingerprint density at radius 3 is 1.13 bits per heavy atom. The van der Waals surface area contributed by atoms with Crippen molar-refractivity contribution >= 4 is 11.9 Å². The van der Waals surface area contributed by atoms with Crippen molar-refractivity contribution in [3.63, 3.8) is 0 Å². The molecule has 0 aromatic carbocycles. The zero-order valence-corrected chi connectivity index (χ0v) is 45.8. The van der Waals surface area contributed by atoms with E-state index in [0.29, 0.717) is 19.4 Å². The SMILES string of the molecule is CCCCC/C=C\C/C=C\CCCCCCCCCCCC(=O)OCC/C=C\C/C=C\CCCCCCCCCCCCCCCCC(=O)NC(CO)C(O)/C=C/CCCCCCCCCCCC. The molecular formula is C63H115NO5. The van der Waals surface area contributed by atoms with Gasteiger partial charge in [0, 0.05) is 12.8 Å². The molecule has 0 aromatic heterocycles. The molecule has 0 heterocycles. The van der Waals surface area contributed by atoms with E-state index in [0.717, 1.165) is 57.8 Å². The monoisotopic (exact) mass is 966 g/mol. The van der Waals surface area contributed by atoms with Gasteiger partial charge in [0.1, 0.15) is 0 Å². The summed E-state index contributed by atoms with van der Waals surface area (Å²) < 4.78 is 5.43. The minimum Gasteiger partial charge on any atom is -0.465 e. The van der Waals surface area contributed by atoms with Crippen LogP contribution in [0.3, 0.4) is 0 Å². The second kappa shape index (κ2) is 58.1. The summed E-state index contributed by atoms with van der Waals surface area (Å²) in [6, 6.07) is -0.632. The van der Waals surface area contributed by atoms with Gasteiger partial charge in [0.2, 0.25) is 5.91 Å². The summed E-state index contributed by atoms with van der Waals surface area (Å²) in [5.74, 6) is -0.115. The van der Waals surface area contributed by atoms with Crippen LogP contribution >= 0.6 is 0 Å². The van der Waals surface area contributed by atoms with E-state index < -0.39 is 12.1 Å². The highest BCUT2D eigenvalue weighted by atomic mass is 16.5. The van der Waals surface area contributed by atoms with E-state index in [1.54, 1.807) is 6.08 Å². The van der Waals surface area contributed by atoms with Crippen molar-refractivity contribution in [2.75, 3.05) is 13.2 Å². The van der Waals surface area contributed by atoms with Crippen molar-refractivity contribution in [1.29, 1.82) is 0 Å². The molecule has 6 heteroatoms. The van der Waals surface area contributed by atoms with Crippen LogP contribution in [-0.4, -0.2) is 47.4 Å². The van der Waals surface area contributed by atoms with Crippen LogP contribution in [0.25, 0.3) is 0 Å². The van der Waals surface area contributed by atoms with Crippen molar-refractivity contribution in [3.05, 3.63) is 60.8 Å². The Morgan fingerprint density at radius 1 is 0.406 bits per heavy atom. The highest BCUT2D eigenvalue weighted by Gasteiger charge is 2.18. The predicted octanol–water partition coefficient (Wildman–Crippen LogP) is 18.7. The van der Waals surface area contributed by atoms with Gasteiger partial charge in [0.25, 0.3) is 0 Å². The number of allylic oxidation sites excluding steroid dienone is 8. The largest absolute Gasteiger partial charge is 0.465 e. The first-order valence-electron chi connectivity index (χ1n) is 30.1. The maximum absolute atomic E-state index is 12.4. The topological polar surface area (TPSA) is 95.9 Å². The van der Waals surface area contributed by atoms with Crippen molar-refractivity contribution in [1.82, 2.24) is 5.32 Å². The van der Waals surface area contributed by atoms with Gasteiger partial charge in [-0.05, 0) is 83.5 Å². The first-order chi connectivity index (χ1) is 34.0. The normalized spacial score (nSPS) is 13.0. The molecule has 0 rings (SSSR count). The van der Waals surface area contributed by atoms with Crippen molar-refractivity contribution in [2.24, 2.45) is 0 Å². The Morgan fingerprint density at radius 2 is 0.725 bits per heavy atom. The molecule has 2 atom stereocenters. The summed E-state index contributed by atoms with van der Waals surface area (Å²) in [7, 11) is 0. The quantitative estimate of drug-likeness (QED) is 0.0321. The molecule has 6 nitrogen and oxygen atoms in total. The highest BCUT2D eigenvalue weighted by Crippen LogP contribution is 2.16. The van der Waals surface area contributed by atoms with Gasteiger partial charge < -0.3 is 20.3 Å². The maximum atomic E-state index is 12.4. The number of hydrogen-bond donors (Lipinski definition) is 3. The van der Waals surface area contributed by atoms with Crippen LogP contribution in [0.5, 0.6) is 0 Å². The summed E-state index contributed by atoms with van der Waals surface area (Å²) >= 11 is 0. The Labute approximate surface area is 428 Å². The number of ether oxygens (including phenoxy) is 1. The van der Waals surface area contributed by atoms with Crippen molar-refractivity contribution < 1.29 is 24.5 Å². The lowest BCUT2D eigenvalue weighted by Crippen LogP contribution is -2.45. The van der Waals surface area contributed by atoms with Crippen LogP contribution in [0, 0.1) is 0 Å². The number of unbranched alkanes of at least 4 members (excludes halogenated alkanes) is 36. The van der Waals surface area contributed by atoms with E-state index in [-0.39, 0.29) is 18.5 Å². The lowest BCUT2D eigenvalue weighted by atomic mass is 10.0. The minimum atomic E-state index is -0.848. The molecule has 0 aliphatic heterocycles. The van der Waals surface area contributed by atoms with Gasteiger partial charge in [-0.1, -0.05) is 267 Å². The summed E-state index contributed by atoms with van der Waals surface area (Å²) in [6.07, 6.45) is 75.5. The zero-order chi connectivity index (χ0) is 50.0. The number of aliphatic hydroxyl groups excluding tert-OH is 2. The average molecular weight is 967 g/mol. The summed E-state index contributed by atoms with van der Waals surface area (Å²) in [6.45, 7) is 4.76. The fourth-order valence-electron chi connectivity index (χ4n) is 8.91. The molecular weight excluding hydrogens is 851 g/mol. The van der Waals surface area contributed by atoms with E-state index in [1.165, 1.54) is 218 Å². The van der Waals surface area contributed by atoms with Gasteiger partial charge in [0.05, 0.1) is 25.4 Å².